The van der Waals surface area contributed by atoms with Gasteiger partial charge in [0.2, 0.25) is 0 Å². The number of benzene rings is 2. The van der Waals surface area contributed by atoms with E-state index in [1.54, 1.807) is 0 Å². The highest BCUT2D eigenvalue weighted by molar-refractivity contribution is 5.70. The number of allylic oxidation sites excluding steroid dienone is 3. The van der Waals surface area contributed by atoms with E-state index in [-0.39, 0.29) is 22.7 Å². The molecule has 1 unspecified atom stereocenters. The van der Waals surface area contributed by atoms with E-state index in [1.165, 1.54) is 45.2 Å². The molecule has 2 aromatic rings. The molecule has 1 aliphatic carbocycles. The van der Waals surface area contributed by atoms with E-state index in [1.807, 2.05) is 0 Å². The van der Waals surface area contributed by atoms with Crippen molar-refractivity contribution >= 4 is 19.1 Å². The fraction of sp³-hybridized carbons (Fsp3) is 0.500. The number of unbranched alkanes of at least 4 members (excludes halogenated alkanes) is 2. The molecule has 6 rings (SSSR count). The van der Waals surface area contributed by atoms with Gasteiger partial charge in [-0.25, -0.2) is 0 Å². The van der Waals surface area contributed by atoms with Gasteiger partial charge in [0.05, 0.1) is 18.0 Å². The maximum absolute atomic E-state index is 12.0. The molecule has 1 atom stereocenters. The zero-order valence-corrected chi connectivity index (χ0v) is 32.2. The van der Waals surface area contributed by atoms with Crippen LogP contribution in [0.1, 0.15) is 110 Å². The number of hydrogen-bond donors (Lipinski definition) is 1. The molecule has 0 aromatic heterocycles. The van der Waals surface area contributed by atoms with Crippen LogP contribution in [0.2, 0.25) is 0 Å². The van der Waals surface area contributed by atoms with Crippen LogP contribution in [0.5, 0.6) is 0 Å². The van der Waals surface area contributed by atoms with Gasteiger partial charge in [-0.15, -0.1) is 18.2 Å². The molecule has 3 aliphatic heterocycles. The highest BCUT2D eigenvalue weighted by Crippen LogP contribution is 2.41. The van der Waals surface area contributed by atoms with Gasteiger partial charge in [0.1, 0.15) is 23.8 Å². The van der Waals surface area contributed by atoms with E-state index in [2.05, 4.69) is 129 Å². The summed E-state index contributed by atoms with van der Waals surface area (Å²) in [5.74, 6) is -0.639. The Hall–Kier alpha value is -3.99. The van der Waals surface area contributed by atoms with Gasteiger partial charge in [0, 0.05) is 36.8 Å². The zero-order valence-electron chi connectivity index (χ0n) is 32.2. The number of piperidine rings is 1. The van der Waals surface area contributed by atoms with E-state index < -0.39 is 5.97 Å². The fourth-order valence-electron chi connectivity index (χ4n) is 9.12. The van der Waals surface area contributed by atoms with E-state index >= 15 is 0 Å². The van der Waals surface area contributed by atoms with Crippen molar-refractivity contribution in [2.24, 2.45) is 11.8 Å². The van der Waals surface area contributed by atoms with Crippen LogP contribution >= 0.6 is 0 Å². The smallest absolute Gasteiger partial charge is 0.306 e. The van der Waals surface area contributed by atoms with Crippen molar-refractivity contribution in [1.82, 2.24) is 14.1 Å². The van der Waals surface area contributed by atoms with E-state index in [9.17, 15) is 9.90 Å². The van der Waals surface area contributed by atoms with Crippen LogP contribution < -0.4 is 30.3 Å². The standard InChI is InChI=1S/C46H61N3O2/c1-9-11-26-48-39-20-16-32(3)30-37(39)45(5,6)41(48)22-18-34-14-13-15-35(43(34)47-28-24-36(25-29-47)44(50)51)19-23-42-46(7,8)38-31-33(4)17-21-40(38)49(42)27-12-10-2/h16-23,30-31,34,36H,3-4,9-15,24-29H2,1-2,5-8H3,(H,50,51)/b22-18?,23-19+. The Kier molecular flexibility index (Phi) is 10.8. The van der Waals surface area contributed by atoms with Crippen LogP contribution in [0.25, 0.3) is 13.2 Å². The van der Waals surface area contributed by atoms with Crippen LogP contribution in [0.15, 0.2) is 72.0 Å². The number of carbonyl (C=O) groups is 1. The minimum Gasteiger partial charge on any atom is -0.481 e. The van der Waals surface area contributed by atoms with E-state index in [0.29, 0.717) is 12.8 Å². The van der Waals surface area contributed by atoms with Crippen LogP contribution in [-0.2, 0) is 15.6 Å². The summed E-state index contributed by atoms with van der Waals surface area (Å²) in [4.78, 5) is 14.5. The number of nitrogens with zero attached hydrogens (tertiary/aromatic N) is 3. The summed E-state index contributed by atoms with van der Waals surface area (Å²) in [5, 5.41) is 14.6. The fourth-order valence-corrected chi connectivity index (χ4v) is 9.12. The third-order valence-corrected chi connectivity index (χ3v) is 12.1. The van der Waals surface area contributed by atoms with E-state index in [0.717, 1.165) is 81.6 Å². The maximum atomic E-state index is 12.0. The highest BCUT2D eigenvalue weighted by atomic mass is 16.4. The molecule has 0 amide bonds. The number of likely N-dealkylation sites (tertiary alicyclic amines) is 1. The molecule has 1 N–H and O–H groups in total. The van der Waals surface area contributed by atoms with Gasteiger partial charge in [-0.2, -0.15) is 6.08 Å². The van der Waals surface area contributed by atoms with E-state index in [4.69, 9.17) is 0 Å². The summed E-state index contributed by atoms with van der Waals surface area (Å²) in [6.07, 6.45) is 19.0. The molecule has 0 radical (unpaired) electrons. The summed E-state index contributed by atoms with van der Waals surface area (Å²) in [7, 11) is 0. The Bertz CT molecular complexity index is 1960. The van der Waals surface area contributed by atoms with Crippen LogP contribution in [0.4, 0.5) is 0 Å². The first-order valence-corrected chi connectivity index (χ1v) is 19.7. The van der Waals surface area contributed by atoms with Crippen LogP contribution in [0.3, 0.4) is 0 Å². The SMILES string of the molecule is C=c1ccc2c(c1)C(C)(C)[C-](C=CC1CCCC(/C=C/[C-]3[N+](CCCC)=c4ccc(=C)cc4C3(C)C)=C1N1CCC(C(=O)O)CC1)[N+]=2CCCC. The third-order valence-electron chi connectivity index (χ3n) is 12.1. The Morgan fingerprint density at radius 1 is 0.863 bits per heavy atom. The van der Waals surface area contributed by atoms with Gasteiger partial charge in [0.25, 0.3) is 0 Å². The zero-order chi connectivity index (χ0) is 36.5. The molecule has 51 heavy (non-hydrogen) atoms. The van der Waals surface area contributed by atoms with Gasteiger partial charge in [-0.3, -0.25) is 4.79 Å². The minimum atomic E-state index is -0.655. The number of fused-ring (bicyclic) bond motifs is 2. The molecule has 1 saturated heterocycles. The second-order valence-corrected chi connectivity index (χ2v) is 16.4. The topological polar surface area (TPSA) is 46.6 Å². The Morgan fingerprint density at radius 3 is 1.90 bits per heavy atom. The summed E-state index contributed by atoms with van der Waals surface area (Å²) >= 11 is 0. The van der Waals surface area contributed by atoms with Gasteiger partial charge in [-0.05, 0) is 64.6 Å². The Balaban J connectivity index is 1.40. The molecule has 3 heterocycles. The quantitative estimate of drug-likeness (QED) is 0.208. The molecule has 5 nitrogen and oxygen atoms in total. The molecule has 1 fully saturated rings. The van der Waals surface area contributed by atoms with Crippen molar-refractivity contribution in [3.8, 4) is 0 Å². The number of hydrogen-bond acceptors (Lipinski definition) is 2. The van der Waals surface area contributed by atoms with Crippen molar-refractivity contribution < 1.29 is 9.90 Å². The first kappa shape index (κ1) is 36.8. The number of rotatable bonds is 12. The average Bonchev–Trinajstić information content (AvgIpc) is 3.44. The monoisotopic (exact) mass is 687 g/mol. The van der Waals surface area contributed by atoms with Crippen molar-refractivity contribution in [2.75, 3.05) is 26.2 Å². The highest BCUT2D eigenvalue weighted by Gasteiger charge is 2.41. The largest absolute Gasteiger partial charge is 0.481 e. The van der Waals surface area contributed by atoms with Crippen LogP contribution in [-0.4, -0.2) is 42.2 Å². The summed E-state index contributed by atoms with van der Waals surface area (Å²) < 4.78 is 5.10. The Labute approximate surface area is 306 Å². The lowest BCUT2D eigenvalue weighted by molar-refractivity contribution is -0.143. The normalized spacial score (nSPS) is 21.8. The Morgan fingerprint density at radius 2 is 1.39 bits per heavy atom. The number of carboxylic acid groups (broad SMARTS) is 1. The third kappa shape index (κ3) is 7.10. The molecule has 4 aliphatic rings. The lowest BCUT2D eigenvalue weighted by Gasteiger charge is -2.41. The minimum absolute atomic E-state index is 0.121. The van der Waals surface area contributed by atoms with Crippen molar-refractivity contribution in [1.29, 1.82) is 0 Å². The number of aliphatic carboxylic acids is 1. The summed E-state index contributed by atoms with van der Waals surface area (Å²) in [5.41, 5.74) is 5.28. The predicted octanol–water partition coefficient (Wildman–Crippen LogP) is 6.40. The average molecular weight is 688 g/mol. The predicted molar refractivity (Wildman–Crippen MR) is 212 cm³/mol. The molecular weight excluding hydrogens is 627 g/mol. The molecule has 0 saturated carbocycles. The first-order chi connectivity index (χ1) is 24.4. The molecular formula is C46H61N3O2. The lowest BCUT2D eigenvalue weighted by Crippen LogP contribution is -2.39. The number of carboxylic acids is 1. The molecule has 0 bridgehead atoms. The first-order valence-electron chi connectivity index (χ1n) is 19.7. The molecule has 0 spiro atoms. The lowest BCUT2D eigenvalue weighted by atomic mass is 9.77. The molecule has 5 heteroatoms. The van der Waals surface area contributed by atoms with Crippen molar-refractivity contribution in [3.05, 3.63) is 116 Å². The van der Waals surface area contributed by atoms with Crippen molar-refractivity contribution in [2.45, 2.75) is 110 Å². The molecule has 2 aromatic carbocycles. The van der Waals surface area contributed by atoms with Gasteiger partial charge in [-0.1, -0.05) is 110 Å². The summed E-state index contributed by atoms with van der Waals surface area (Å²) in [6.45, 7) is 26.1. The molecule has 272 valence electrons. The second-order valence-electron chi connectivity index (χ2n) is 16.4. The van der Waals surface area contributed by atoms with Gasteiger partial charge >= 0.3 is 5.97 Å². The van der Waals surface area contributed by atoms with Gasteiger partial charge < -0.3 is 19.2 Å². The second kappa shape index (κ2) is 14.9. The maximum Gasteiger partial charge on any atom is 0.306 e. The van der Waals surface area contributed by atoms with Crippen molar-refractivity contribution in [3.63, 3.8) is 0 Å². The summed E-state index contributed by atoms with van der Waals surface area (Å²) in [6, 6.07) is 16.1. The van der Waals surface area contributed by atoms with Gasteiger partial charge in [0.15, 0.2) is 0 Å². The van der Waals surface area contributed by atoms with Crippen LogP contribution in [0, 0.1) is 23.9 Å².